The quantitative estimate of drug-likeness (QED) is 0.0672. The molecule has 3 amide bonds. The number of carbonyl (C=O) groups is 3. The number of ether oxygens (including phenoxy) is 4. The number of nitrogens with zero attached hydrogens (tertiary/aromatic N) is 3. The van der Waals surface area contributed by atoms with E-state index in [1.54, 1.807) is 40.5 Å². The largest absolute Gasteiger partial charge is 0.508 e. The van der Waals surface area contributed by atoms with Gasteiger partial charge in [-0.15, -0.1) is 22.7 Å². The van der Waals surface area contributed by atoms with Crippen molar-refractivity contribution in [1.82, 2.24) is 25.4 Å². The van der Waals surface area contributed by atoms with E-state index in [2.05, 4.69) is 20.5 Å². The SMILES string of the molecule is Cc1ncsc1-c1ccc(CNC(=O)[C@@H]2CCCN2C(=O)C(NC(=O)COCCO[C@@H]2CCN(CCOc3ccc(Oc4c(-c5ccc(F)cc5)sc5cc(O)ccc45)cc3)C2)C(C)(C)C)cc1. The molecule has 1 unspecified atom stereocenters. The van der Waals surface area contributed by atoms with Crippen LogP contribution in [0.3, 0.4) is 0 Å². The monoisotopic (exact) mass is 963 g/mol. The second-order valence-electron chi connectivity index (χ2n) is 18.2. The topological polar surface area (TPSA) is 152 Å². The first-order chi connectivity index (χ1) is 32.8. The second-order valence-corrected chi connectivity index (χ2v) is 20.1. The minimum absolute atomic E-state index is 0.0355. The first-order valence-corrected chi connectivity index (χ1v) is 24.7. The van der Waals surface area contributed by atoms with Crippen molar-refractivity contribution < 1.29 is 42.8 Å². The zero-order valence-electron chi connectivity index (χ0n) is 38.8. The fourth-order valence-corrected chi connectivity index (χ4v) is 10.5. The number of nitrogens with one attached hydrogen (secondary N) is 2. The van der Waals surface area contributed by atoms with E-state index in [1.807, 2.05) is 87.8 Å². The van der Waals surface area contributed by atoms with Gasteiger partial charge in [-0.2, -0.15) is 0 Å². The van der Waals surface area contributed by atoms with Crippen LogP contribution in [-0.2, 0) is 30.4 Å². The number of hydrogen-bond acceptors (Lipinski definition) is 12. The van der Waals surface area contributed by atoms with E-state index >= 15 is 0 Å². The summed E-state index contributed by atoms with van der Waals surface area (Å²) in [4.78, 5) is 50.7. The molecule has 2 saturated heterocycles. The average Bonchev–Trinajstić information content (AvgIpc) is 4.16. The van der Waals surface area contributed by atoms with Crippen LogP contribution in [-0.4, -0.2) is 108 Å². The van der Waals surface area contributed by atoms with Gasteiger partial charge in [-0.05, 0) is 103 Å². The molecule has 0 bridgehead atoms. The minimum Gasteiger partial charge on any atom is -0.508 e. The van der Waals surface area contributed by atoms with Gasteiger partial charge in [0, 0.05) is 42.8 Å². The zero-order chi connectivity index (χ0) is 47.8. The van der Waals surface area contributed by atoms with Crippen LogP contribution in [0.2, 0.25) is 0 Å². The van der Waals surface area contributed by atoms with Crippen LogP contribution in [0.25, 0.3) is 31.0 Å². The van der Waals surface area contributed by atoms with Crippen LogP contribution in [0.15, 0.2) is 96.5 Å². The van der Waals surface area contributed by atoms with E-state index in [-0.39, 0.29) is 42.7 Å². The number of halogens is 1. The highest BCUT2D eigenvalue weighted by Gasteiger charge is 2.42. The lowest BCUT2D eigenvalue weighted by Gasteiger charge is -2.35. The summed E-state index contributed by atoms with van der Waals surface area (Å²) in [5.74, 6) is 0.925. The summed E-state index contributed by atoms with van der Waals surface area (Å²) in [5.41, 5.74) is 5.07. The van der Waals surface area contributed by atoms with Crippen LogP contribution in [0.5, 0.6) is 23.0 Å². The fraction of sp³-hybridized carbons (Fsp3) is 0.385. The first-order valence-electron chi connectivity index (χ1n) is 23.0. The summed E-state index contributed by atoms with van der Waals surface area (Å²) in [6.07, 6.45) is 2.16. The normalized spacial score (nSPS) is 16.8. The molecule has 0 radical (unpaired) electrons. The Morgan fingerprint density at radius 1 is 0.897 bits per heavy atom. The molecule has 2 aliphatic heterocycles. The maximum atomic E-state index is 14.0. The van der Waals surface area contributed by atoms with Crippen molar-refractivity contribution >= 4 is 50.5 Å². The highest BCUT2D eigenvalue weighted by molar-refractivity contribution is 7.22. The van der Waals surface area contributed by atoms with Crippen LogP contribution >= 0.6 is 22.7 Å². The smallest absolute Gasteiger partial charge is 0.246 e. The van der Waals surface area contributed by atoms with Crippen LogP contribution in [0, 0.1) is 18.2 Å². The number of phenols is 1. The third-order valence-electron chi connectivity index (χ3n) is 12.2. The number of carbonyl (C=O) groups excluding carboxylic acids is 3. The molecule has 2 aliphatic rings. The second kappa shape index (κ2) is 22.0. The molecule has 4 heterocycles. The maximum Gasteiger partial charge on any atom is 0.246 e. The number of aromatic nitrogens is 1. The summed E-state index contributed by atoms with van der Waals surface area (Å²) in [5, 5.41) is 16.8. The van der Waals surface area contributed by atoms with Gasteiger partial charge in [0.15, 0.2) is 5.75 Å². The van der Waals surface area contributed by atoms with Gasteiger partial charge in [0.25, 0.3) is 0 Å². The predicted molar refractivity (Wildman–Crippen MR) is 263 cm³/mol. The van der Waals surface area contributed by atoms with Gasteiger partial charge < -0.3 is 39.6 Å². The molecule has 8 rings (SSSR count). The fourth-order valence-electron chi connectivity index (χ4n) is 8.52. The summed E-state index contributed by atoms with van der Waals surface area (Å²) in [7, 11) is 0. The van der Waals surface area contributed by atoms with Crippen LogP contribution in [0.1, 0.15) is 51.3 Å². The van der Waals surface area contributed by atoms with Gasteiger partial charge in [0.1, 0.15) is 48.4 Å². The van der Waals surface area contributed by atoms with E-state index in [1.165, 1.54) is 23.5 Å². The van der Waals surface area contributed by atoms with Gasteiger partial charge in [-0.1, -0.05) is 57.2 Å². The Balaban J connectivity index is 0.724. The van der Waals surface area contributed by atoms with E-state index in [9.17, 15) is 23.9 Å². The van der Waals surface area contributed by atoms with Gasteiger partial charge in [0.05, 0.1) is 40.3 Å². The molecule has 0 saturated carbocycles. The lowest BCUT2D eigenvalue weighted by molar-refractivity contribution is -0.144. The molecule has 358 valence electrons. The molecule has 0 spiro atoms. The number of amides is 3. The Labute approximate surface area is 404 Å². The number of fused-ring (bicyclic) bond motifs is 1. The number of aryl methyl sites for hydroxylation is 1. The Morgan fingerprint density at radius 3 is 2.37 bits per heavy atom. The summed E-state index contributed by atoms with van der Waals surface area (Å²) in [6.45, 7) is 11.6. The molecular weight excluding hydrogens is 906 g/mol. The third kappa shape index (κ3) is 12.2. The number of benzene rings is 4. The molecule has 16 heteroatoms. The van der Waals surface area contributed by atoms with Crippen molar-refractivity contribution in [3.63, 3.8) is 0 Å². The van der Waals surface area contributed by atoms with Crippen molar-refractivity contribution in [2.45, 2.75) is 71.7 Å². The Bertz CT molecular complexity index is 2670. The van der Waals surface area contributed by atoms with Crippen molar-refractivity contribution in [2.24, 2.45) is 5.41 Å². The molecule has 3 atom stereocenters. The van der Waals surface area contributed by atoms with Crippen LogP contribution < -0.4 is 20.1 Å². The number of hydrogen-bond donors (Lipinski definition) is 3. The summed E-state index contributed by atoms with van der Waals surface area (Å²) >= 11 is 3.07. The number of thiazole rings is 1. The van der Waals surface area contributed by atoms with Crippen molar-refractivity contribution in [3.05, 3.63) is 114 Å². The molecular formula is C52H58FN5O8S2. The summed E-state index contributed by atoms with van der Waals surface area (Å²) in [6, 6.07) is 25.4. The van der Waals surface area contributed by atoms with E-state index < -0.39 is 23.4 Å². The van der Waals surface area contributed by atoms with E-state index in [0.29, 0.717) is 56.4 Å². The average molecular weight is 964 g/mol. The van der Waals surface area contributed by atoms with Crippen molar-refractivity contribution in [1.29, 1.82) is 0 Å². The standard InChI is InChI=1S/C52H58FN5O8S2/c1-33-47(67-32-55-33)35-9-7-34(8-10-35)29-54-50(61)43-6-5-22-58(43)51(62)49(52(2,3)4)56-45(60)31-63-26-27-65-41-21-23-57(30-41)24-25-64-39-16-18-40(19-17-39)66-46-42-20-15-38(59)28-44(42)68-48(46)36-11-13-37(53)14-12-36/h7-20,28,32,41,43,49,59H,5-6,21-27,29-31H2,1-4H3,(H,54,61)(H,56,60)/t41-,43+,49?/m1/s1. The number of thiophene rings is 1. The molecule has 2 aromatic heterocycles. The molecule has 6 aromatic rings. The predicted octanol–water partition coefficient (Wildman–Crippen LogP) is 8.96. The van der Waals surface area contributed by atoms with Crippen molar-refractivity contribution in [3.8, 4) is 43.9 Å². The van der Waals surface area contributed by atoms with E-state index in [0.717, 1.165) is 68.3 Å². The molecule has 0 aliphatic carbocycles. The summed E-state index contributed by atoms with van der Waals surface area (Å²) < 4.78 is 38.8. The number of aromatic hydroxyl groups is 1. The molecule has 2 fully saturated rings. The lowest BCUT2D eigenvalue weighted by Crippen LogP contribution is -2.58. The maximum absolute atomic E-state index is 14.0. The molecule has 4 aromatic carbocycles. The zero-order valence-corrected chi connectivity index (χ0v) is 40.4. The minimum atomic E-state index is -0.841. The third-order valence-corrected chi connectivity index (χ3v) is 14.3. The Morgan fingerprint density at radius 2 is 1.63 bits per heavy atom. The lowest BCUT2D eigenvalue weighted by atomic mass is 9.85. The van der Waals surface area contributed by atoms with Crippen molar-refractivity contribution in [2.75, 3.05) is 52.6 Å². The van der Waals surface area contributed by atoms with Gasteiger partial charge in [0.2, 0.25) is 17.7 Å². The van der Waals surface area contributed by atoms with Gasteiger partial charge >= 0.3 is 0 Å². The first kappa shape index (κ1) is 48.5. The molecule has 68 heavy (non-hydrogen) atoms. The van der Waals surface area contributed by atoms with Gasteiger partial charge in [-0.25, -0.2) is 9.37 Å². The highest BCUT2D eigenvalue weighted by atomic mass is 32.1. The van der Waals surface area contributed by atoms with E-state index in [4.69, 9.17) is 18.9 Å². The van der Waals surface area contributed by atoms with Crippen LogP contribution in [0.4, 0.5) is 4.39 Å². The Hall–Kier alpha value is -5.91. The number of likely N-dealkylation sites (tertiary alicyclic amines) is 2. The van der Waals surface area contributed by atoms with Gasteiger partial charge in [-0.3, -0.25) is 19.3 Å². The number of phenolic OH excluding ortho intramolecular Hbond substituents is 1. The highest BCUT2D eigenvalue weighted by Crippen LogP contribution is 2.47. The molecule has 13 nitrogen and oxygen atoms in total. The number of rotatable bonds is 19. The molecule has 3 N–H and O–H groups in total. The Kier molecular flexibility index (Phi) is 15.7.